The summed E-state index contributed by atoms with van der Waals surface area (Å²) >= 11 is 3.83. The molecule has 0 bridgehead atoms. The first-order chi connectivity index (χ1) is 10.3. The molecule has 114 valence electrons. The molecule has 0 radical (unpaired) electrons. The summed E-state index contributed by atoms with van der Waals surface area (Å²) in [4.78, 5) is 11.9. The molecule has 0 N–H and O–H groups in total. The highest BCUT2D eigenvalue weighted by Crippen LogP contribution is 2.40. The van der Waals surface area contributed by atoms with Crippen molar-refractivity contribution in [2.24, 2.45) is 5.92 Å². The lowest BCUT2D eigenvalue weighted by Gasteiger charge is -2.18. The SMILES string of the molecule is CCCCCCSc1ncnc2sc3c(c12)CC[C@H](C)C3. The van der Waals surface area contributed by atoms with Crippen LogP contribution in [-0.4, -0.2) is 15.7 Å². The van der Waals surface area contributed by atoms with Crippen LogP contribution >= 0.6 is 23.1 Å². The normalized spacial score (nSPS) is 18.1. The molecule has 1 atom stereocenters. The van der Waals surface area contributed by atoms with Gasteiger partial charge >= 0.3 is 0 Å². The van der Waals surface area contributed by atoms with Crippen LogP contribution in [0.2, 0.25) is 0 Å². The van der Waals surface area contributed by atoms with Gasteiger partial charge in [0.25, 0.3) is 0 Å². The molecule has 1 aliphatic rings. The van der Waals surface area contributed by atoms with Gasteiger partial charge in [-0.15, -0.1) is 23.1 Å². The van der Waals surface area contributed by atoms with Gasteiger partial charge < -0.3 is 0 Å². The maximum atomic E-state index is 4.58. The molecule has 1 aliphatic carbocycles. The first-order valence-electron chi connectivity index (χ1n) is 8.17. The van der Waals surface area contributed by atoms with Crippen LogP contribution in [0, 0.1) is 5.92 Å². The molecule has 3 rings (SSSR count). The van der Waals surface area contributed by atoms with E-state index in [9.17, 15) is 0 Å². The second-order valence-corrected chi connectivity index (χ2v) is 8.29. The fraction of sp³-hybridized carbons (Fsp3) is 0.647. The Hall–Kier alpha value is -0.610. The first kappa shape index (κ1) is 15.3. The molecule has 0 aromatic carbocycles. The predicted molar refractivity (Wildman–Crippen MR) is 93.5 cm³/mol. The molecule has 2 heterocycles. The molecule has 2 aromatic heterocycles. The van der Waals surface area contributed by atoms with Crippen molar-refractivity contribution in [1.29, 1.82) is 0 Å². The van der Waals surface area contributed by atoms with E-state index in [-0.39, 0.29) is 0 Å². The monoisotopic (exact) mass is 320 g/mol. The van der Waals surface area contributed by atoms with Crippen LogP contribution in [-0.2, 0) is 12.8 Å². The number of hydrogen-bond donors (Lipinski definition) is 0. The zero-order valence-corrected chi connectivity index (χ0v) is 14.7. The van der Waals surface area contributed by atoms with Crippen molar-refractivity contribution >= 4 is 33.3 Å². The van der Waals surface area contributed by atoms with Gasteiger partial charge in [0.2, 0.25) is 0 Å². The van der Waals surface area contributed by atoms with E-state index in [0.717, 1.165) is 5.92 Å². The molecule has 0 saturated heterocycles. The van der Waals surface area contributed by atoms with Crippen molar-refractivity contribution in [1.82, 2.24) is 9.97 Å². The summed E-state index contributed by atoms with van der Waals surface area (Å²) in [5, 5.41) is 2.61. The van der Waals surface area contributed by atoms with Gasteiger partial charge in [-0.2, -0.15) is 0 Å². The van der Waals surface area contributed by atoms with Gasteiger partial charge in [-0.3, -0.25) is 0 Å². The quantitative estimate of drug-likeness (QED) is 0.400. The van der Waals surface area contributed by atoms with Gasteiger partial charge in [0.15, 0.2) is 0 Å². The zero-order valence-electron chi connectivity index (χ0n) is 13.0. The van der Waals surface area contributed by atoms with Crippen molar-refractivity contribution in [3.63, 3.8) is 0 Å². The summed E-state index contributed by atoms with van der Waals surface area (Å²) in [7, 11) is 0. The third kappa shape index (κ3) is 3.42. The van der Waals surface area contributed by atoms with Crippen molar-refractivity contribution in [2.75, 3.05) is 5.75 Å². The van der Waals surface area contributed by atoms with Crippen molar-refractivity contribution < 1.29 is 0 Å². The maximum absolute atomic E-state index is 4.58. The van der Waals surface area contributed by atoms with E-state index in [1.54, 1.807) is 16.8 Å². The number of hydrogen-bond acceptors (Lipinski definition) is 4. The summed E-state index contributed by atoms with van der Waals surface area (Å²) in [6.07, 6.45) is 10.8. The molecule has 0 spiro atoms. The first-order valence-corrected chi connectivity index (χ1v) is 9.97. The third-order valence-electron chi connectivity index (χ3n) is 4.29. The zero-order chi connectivity index (χ0) is 14.7. The summed E-state index contributed by atoms with van der Waals surface area (Å²) in [6.45, 7) is 4.63. The van der Waals surface area contributed by atoms with Crippen molar-refractivity contribution in [3.05, 3.63) is 16.8 Å². The number of aryl methyl sites for hydroxylation is 1. The number of thiophene rings is 1. The summed E-state index contributed by atoms with van der Waals surface area (Å²) in [6, 6.07) is 0. The smallest absolute Gasteiger partial charge is 0.128 e. The maximum Gasteiger partial charge on any atom is 0.128 e. The van der Waals surface area contributed by atoms with E-state index in [1.165, 1.54) is 65.9 Å². The number of rotatable bonds is 6. The molecular weight excluding hydrogens is 296 g/mol. The molecule has 2 nitrogen and oxygen atoms in total. The molecule has 0 unspecified atom stereocenters. The minimum absolute atomic E-state index is 0.823. The molecule has 0 aliphatic heterocycles. The van der Waals surface area contributed by atoms with Crippen molar-refractivity contribution in [2.45, 2.75) is 63.8 Å². The van der Waals surface area contributed by atoms with Crippen LogP contribution in [0.25, 0.3) is 10.2 Å². The second-order valence-electron chi connectivity index (χ2n) is 6.12. The fourth-order valence-electron chi connectivity index (χ4n) is 3.05. The second kappa shape index (κ2) is 7.10. The Morgan fingerprint density at radius 1 is 1.29 bits per heavy atom. The molecule has 0 fully saturated rings. The van der Waals surface area contributed by atoms with E-state index in [4.69, 9.17) is 0 Å². The Bertz CT molecular complexity index is 606. The highest BCUT2D eigenvalue weighted by atomic mass is 32.2. The summed E-state index contributed by atoms with van der Waals surface area (Å²) in [5.74, 6) is 2.01. The highest BCUT2D eigenvalue weighted by Gasteiger charge is 2.22. The highest BCUT2D eigenvalue weighted by molar-refractivity contribution is 7.99. The Morgan fingerprint density at radius 2 is 2.19 bits per heavy atom. The third-order valence-corrected chi connectivity index (χ3v) is 6.53. The lowest BCUT2D eigenvalue weighted by molar-refractivity contribution is 0.509. The summed E-state index contributed by atoms with van der Waals surface area (Å²) < 4.78 is 0. The average Bonchev–Trinajstić information content (AvgIpc) is 2.85. The minimum atomic E-state index is 0.823. The Kier molecular flexibility index (Phi) is 5.17. The number of thioether (sulfide) groups is 1. The van der Waals surface area contributed by atoms with Crippen LogP contribution in [0.5, 0.6) is 0 Å². The standard InChI is InChI=1S/C17H24N2S2/c1-3-4-5-6-9-20-16-15-13-8-7-12(2)10-14(13)21-17(15)19-11-18-16/h11-12H,3-10H2,1-2H3/t12-/m0/s1. The topological polar surface area (TPSA) is 25.8 Å². The lowest BCUT2D eigenvalue weighted by Crippen LogP contribution is -2.08. The Morgan fingerprint density at radius 3 is 3.05 bits per heavy atom. The molecular formula is C17H24N2S2. The van der Waals surface area contributed by atoms with Crippen LogP contribution in [0.1, 0.15) is 56.4 Å². The van der Waals surface area contributed by atoms with Gasteiger partial charge in [0.05, 0.1) is 0 Å². The van der Waals surface area contributed by atoms with Gasteiger partial charge in [-0.05, 0) is 42.9 Å². The fourth-order valence-corrected chi connectivity index (χ4v) is 5.50. The number of nitrogens with zero attached hydrogens (tertiary/aromatic N) is 2. The molecule has 4 heteroatoms. The molecule has 0 amide bonds. The van der Waals surface area contributed by atoms with Gasteiger partial charge in [0, 0.05) is 10.3 Å². The van der Waals surface area contributed by atoms with Gasteiger partial charge in [0.1, 0.15) is 16.2 Å². The number of fused-ring (bicyclic) bond motifs is 3. The van der Waals surface area contributed by atoms with Crippen molar-refractivity contribution in [3.8, 4) is 0 Å². The van der Waals surface area contributed by atoms with Crippen LogP contribution in [0.4, 0.5) is 0 Å². The Balaban J connectivity index is 1.79. The van der Waals surface area contributed by atoms with E-state index in [1.807, 2.05) is 23.1 Å². The lowest BCUT2D eigenvalue weighted by atomic mass is 9.89. The van der Waals surface area contributed by atoms with Crippen LogP contribution < -0.4 is 0 Å². The van der Waals surface area contributed by atoms with E-state index >= 15 is 0 Å². The predicted octanol–water partition coefficient (Wildman–Crippen LogP) is 5.49. The summed E-state index contributed by atoms with van der Waals surface area (Å²) in [5.41, 5.74) is 1.56. The molecule has 2 aromatic rings. The van der Waals surface area contributed by atoms with Gasteiger partial charge in [-0.1, -0.05) is 33.1 Å². The van der Waals surface area contributed by atoms with Gasteiger partial charge in [-0.25, -0.2) is 9.97 Å². The van der Waals surface area contributed by atoms with Crippen LogP contribution in [0.15, 0.2) is 11.4 Å². The largest absolute Gasteiger partial charge is 0.229 e. The van der Waals surface area contributed by atoms with E-state index in [0.29, 0.717) is 0 Å². The molecule has 21 heavy (non-hydrogen) atoms. The minimum Gasteiger partial charge on any atom is -0.229 e. The number of unbranched alkanes of at least 4 members (excludes halogenated alkanes) is 3. The van der Waals surface area contributed by atoms with E-state index < -0.39 is 0 Å². The molecule has 0 saturated carbocycles. The van der Waals surface area contributed by atoms with E-state index in [2.05, 4.69) is 23.8 Å². The Labute approximate surface area is 135 Å². The van der Waals surface area contributed by atoms with Crippen LogP contribution in [0.3, 0.4) is 0 Å². The average molecular weight is 321 g/mol. The number of aromatic nitrogens is 2.